The molecule has 21 heavy (non-hydrogen) atoms. The van der Waals surface area contributed by atoms with Crippen LogP contribution >= 0.6 is 0 Å². The van der Waals surface area contributed by atoms with E-state index in [9.17, 15) is 13.2 Å². The second-order valence-electron chi connectivity index (χ2n) is 5.47. The molecule has 7 heteroatoms. The molecular weight excluding hydrogens is 290 g/mol. The van der Waals surface area contributed by atoms with Gasteiger partial charge in [-0.1, -0.05) is 26.0 Å². The Bertz CT molecular complexity index is 568. The molecule has 0 fully saturated rings. The van der Waals surface area contributed by atoms with E-state index in [0.717, 1.165) is 5.56 Å². The molecule has 0 heterocycles. The van der Waals surface area contributed by atoms with Gasteiger partial charge in [0.05, 0.1) is 10.9 Å². The fourth-order valence-electron chi connectivity index (χ4n) is 1.92. The lowest BCUT2D eigenvalue weighted by Gasteiger charge is -2.14. The first-order chi connectivity index (χ1) is 9.70. The van der Waals surface area contributed by atoms with Crippen LogP contribution in [0.15, 0.2) is 29.2 Å². The minimum Gasteiger partial charge on any atom is -0.354 e. The first-order valence-electron chi connectivity index (χ1n) is 6.85. The van der Waals surface area contributed by atoms with E-state index >= 15 is 0 Å². The third kappa shape index (κ3) is 6.24. The molecule has 0 aliphatic carbocycles. The van der Waals surface area contributed by atoms with Gasteiger partial charge in [0.25, 0.3) is 0 Å². The van der Waals surface area contributed by atoms with Crippen molar-refractivity contribution in [1.29, 1.82) is 0 Å². The molecule has 6 nitrogen and oxygen atoms in total. The summed E-state index contributed by atoms with van der Waals surface area (Å²) in [6.07, 6.45) is 1.25. The van der Waals surface area contributed by atoms with E-state index in [1.807, 2.05) is 13.8 Å². The molecule has 1 atom stereocenters. The number of hydrogen-bond donors (Lipinski definition) is 3. The zero-order valence-electron chi connectivity index (χ0n) is 12.4. The molecule has 0 aromatic heterocycles. The number of amides is 1. The van der Waals surface area contributed by atoms with E-state index in [1.54, 1.807) is 12.1 Å². The van der Waals surface area contributed by atoms with Crippen LogP contribution in [0.5, 0.6) is 0 Å². The smallest absolute Gasteiger partial charge is 0.238 e. The van der Waals surface area contributed by atoms with Crippen LogP contribution in [-0.4, -0.2) is 26.9 Å². The van der Waals surface area contributed by atoms with E-state index in [-0.39, 0.29) is 10.8 Å². The SMILES string of the molecule is CC(C)CC(N)C(=O)NCCc1ccc(S(N)(=O)=O)cc1. The predicted molar refractivity (Wildman–Crippen MR) is 82.0 cm³/mol. The number of nitrogens with one attached hydrogen (secondary N) is 1. The highest BCUT2D eigenvalue weighted by atomic mass is 32.2. The number of carbonyl (C=O) groups excluding carboxylic acids is 1. The lowest BCUT2D eigenvalue weighted by atomic mass is 10.0. The molecule has 0 saturated carbocycles. The quantitative estimate of drug-likeness (QED) is 0.674. The number of nitrogens with two attached hydrogens (primary N) is 2. The Balaban J connectivity index is 2.44. The second-order valence-corrected chi connectivity index (χ2v) is 7.03. The van der Waals surface area contributed by atoms with Gasteiger partial charge < -0.3 is 11.1 Å². The van der Waals surface area contributed by atoms with Crippen LogP contribution < -0.4 is 16.2 Å². The van der Waals surface area contributed by atoms with Crippen LogP contribution in [0.25, 0.3) is 0 Å². The van der Waals surface area contributed by atoms with Crippen LogP contribution in [0.2, 0.25) is 0 Å². The molecule has 0 radical (unpaired) electrons. The topological polar surface area (TPSA) is 115 Å². The van der Waals surface area contributed by atoms with Gasteiger partial charge in [-0.05, 0) is 36.5 Å². The molecule has 1 amide bonds. The largest absolute Gasteiger partial charge is 0.354 e. The third-order valence-electron chi connectivity index (χ3n) is 3.03. The molecule has 0 spiro atoms. The monoisotopic (exact) mass is 313 g/mol. The lowest BCUT2D eigenvalue weighted by Crippen LogP contribution is -2.42. The summed E-state index contributed by atoms with van der Waals surface area (Å²) in [5, 5.41) is 7.80. The van der Waals surface area contributed by atoms with Gasteiger partial charge in [-0.15, -0.1) is 0 Å². The van der Waals surface area contributed by atoms with Crippen molar-refractivity contribution in [2.75, 3.05) is 6.54 Å². The highest BCUT2D eigenvalue weighted by molar-refractivity contribution is 7.89. The Morgan fingerprint density at radius 2 is 1.81 bits per heavy atom. The fraction of sp³-hybridized carbons (Fsp3) is 0.500. The predicted octanol–water partition coefficient (Wildman–Crippen LogP) is 0.366. The Morgan fingerprint density at radius 3 is 2.29 bits per heavy atom. The fourth-order valence-corrected chi connectivity index (χ4v) is 2.44. The number of carbonyl (C=O) groups is 1. The summed E-state index contributed by atoms with van der Waals surface area (Å²) < 4.78 is 22.2. The van der Waals surface area contributed by atoms with Crippen molar-refractivity contribution in [3.63, 3.8) is 0 Å². The Hall–Kier alpha value is -1.44. The maximum Gasteiger partial charge on any atom is 0.238 e. The van der Waals surface area contributed by atoms with Crippen molar-refractivity contribution in [2.24, 2.45) is 16.8 Å². The van der Waals surface area contributed by atoms with Crippen LogP contribution in [0.4, 0.5) is 0 Å². The van der Waals surface area contributed by atoms with Crippen molar-refractivity contribution in [2.45, 2.75) is 37.6 Å². The van der Waals surface area contributed by atoms with Crippen molar-refractivity contribution >= 4 is 15.9 Å². The van der Waals surface area contributed by atoms with Gasteiger partial charge in [0, 0.05) is 6.54 Å². The van der Waals surface area contributed by atoms with E-state index in [0.29, 0.717) is 25.3 Å². The van der Waals surface area contributed by atoms with Crippen molar-refractivity contribution in [3.8, 4) is 0 Å². The van der Waals surface area contributed by atoms with Gasteiger partial charge in [0.2, 0.25) is 15.9 Å². The van der Waals surface area contributed by atoms with Gasteiger partial charge in [-0.3, -0.25) is 4.79 Å². The summed E-state index contributed by atoms with van der Waals surface area (Å²) in [4.78, 5) is 11.8. The van der Waals surface area contributed by atoms with E-state index in [4.69, 9.17) is 10.9 Å². The van der Waals surface area contributed by atoms with Gasteiger partial charge in [-0.2, -0.15) is 0 Å². The van der Waals surface area contributed by atoms with Crippen LogP contribution in [0, 0.1) is 5.92 Å². The Labute approximate surface area is 126 Å². The highest BCUT2D eigenvalue weighted by Gasteiger charge is 2.14. The van der Waals surface area contributed by atoms with Crippen molar-refractivity contribution < 1.29 is 13.2 Å². The van der Waals surface area contributed by atoms with Crippen LogP contribution in [0.1, 0.15) is 25.8 Å². The molecule has 0 saturated heterocycles. The van der Waals surface area contributed by atoms with Gasteiger partial charge in [0.15, 0.2) is 0 Å². The summed E-state index contributed by atoms with van der Waals surface area (Å²) >= 11 is 0. The Kier molecular flexibility index (Phi) is 6.32. The third-order valence-corrected chi connectivity index (χ3v) is 3.96. The minimum atomic E-state index is -3.66. The average molecular weight is 313 g/mol. The lowest BCUT2D eigenvalue weighted by molar-refractivity contribution is -0.122. The number of rotatable bonds is 7. The van der Waals surface area contributed by atoms with Crippen LogP contribution in [0.3, 0.4) is 0 Å². The van der Waals surface area contributed by atoms with E-state index in [2.05, 4.69) is 5.32 Å². The number of sulfonamides is 1. The molecule has 5 N–H and O–H groups in total. The minimum absolute atomic E-state index is 0.0780. The highest BCUT2D eigenvalue weighted by Crippen LogP contribution is 2.09. The zero-order chi connectivity index (χ0) is 16.0. The van der Waals surface area contributed by atoms with E-state index in [1.165, 1.54) is 12.1 Å². The number of benzene rings is 1. The van der Waals surface area contributed by atoms with Gasteiger partial charge in [-0.25, -0.2) is 13.6 Å². The molecule has 0 bridgehead atoms. The molecule has 0 aliphatic heterocycles. The maximum atomic E-state index is 11.7. The number of primary sulfonamides is 1. The second kappa shape index (κ2) is 7.53. The van der Waals surface area contributed by atoms with Crippen molar-refractivity contribution in [3.05, 3.63) is 29.8 Å². The normalized spacial score (nSPS) is 13.2. The first-order valence-corrected chi connectivity index (χ1v) is 8.40. The summed E-state index contributed by atoms with van der Waals surface area (Å²) in [5.41, 5.74) is 6.69. The average Bonchev–Trinajstić information content (AvgIpc) is 2.37. The zero-order valence-corrected chi connectivity index (χ0v) is 13.2. The van der Waals surface area contributed by atoms with Crippen LogP contribution in [-0.2, 0) is 21.2 Å². The first kappa shape index (κ1) is 17.6. The standard InChI is InChI=1S/C14H23N3O3S/c1-10(2)9-13(15)14(18)17-8-7-11-3-5-12(6-4-11)21(16,19)20/h3-6,10,13H,7-9,15H2,1-2H3,(H,17,18)(H2,16,19,20). The Morgan fingerprint density at radius 1 is 1.24 bits per heavy atom. The summed E-state index contributed by atoms with van der Waals surface area (Å²) in [5.74, 6) is 0.210. The molecule has 118 valence electrons. The summed E-state index contributed by atoms with van der Waals surface area (Å²) in [6.45, 7) is 4.49. The van der Waals surface area contributed by atoms with Crippen molar-refractivity contribution in [1.82, 2.24) is 5.32 Å². The van der Waals surface area contributed by atoms with Gasteiger partial charge >= 0.3 is 0 Å². The molecule has 1 aromatic rings. The molecule has 1 aromatic carbocycles. The molecule has 0 aliphatic rings. The molecule has 1 rings (SSSR count). The van der Waals surface area contributed by atoms with Gasteiger partial charge in [0.1, 0.15) is 0 Å². The summed E-state index contributed by atoms with van der Waals surface area (Å²) in [6, 6.07) is 5.78. The maximum absolute atomic E-state index is 11.7. The summed E-state index contributed by atoms with van der Waals surface area (Å²) in [7, 11) is -3.66. The molecular formula is C14H23N3O3S. The molecule has 1 unspecified atom stereocenters. The number of hydrogen-bond acceptors (Lipinski definition) is 4. The van der Waals surface area contributed by atoms with E-state index < -0.39 is 16.1 Å².